The van der Waals surface area contributed by atoms with Crippen molar-refractivity contribution in [2.45, 2.75) is 46.6 Å². The van der Waals surface area contributed by atoms with Gasteiger partial charge in [0, 0.05) is 6.04 Å². The monoisotopic (exact) mass is 221 g/mol. The summed E-state index contributed by atoms with van der Waals surface area (Å²) in [6, 6.07) is 4.37. The Morgan fingerprint density at radius 1 is 1.19 bits per heavy atom. The van der Waals surface area contributed by atoms with Gasteiger partial charge in [-0.15, -0.1) is 0 Å². The van der Waals surface area contributed by atoms with Gasteiger partial charge in [-0.25, -0.2) is 0 Å². The highest BCUT2D eigenvalue weighted by molar-refractivity contribution is 5.44. The van der Waals surface area contributed by atoms with Crippen LogP contribution in [0.15, 0.2) is 12.1 Å². The number of hydrogen-bond acceptors (Lipinski definition) is 2. The zero-order valence-electron chi connectivity index (χ0n) is 11.0. The molecule has 0 fully saturated rings. The second kappa shape index (κ2) is 5.35. The van der Waals surface area contributed by atoms with E-state index >= 15 is 0 Å². The first-order valence-electron chi connectivity index (χ1n) is 6.00. The second-order valence-corrected chi connectivity index (χ2v) is 4.62. The van der Waals surface area contributed by atoms with Gasteiger partial charge in [0.05, 0.1) is 6.61 Å². The van der Waals surface area contributed by atoms with Crippen molar-refractivity contribution in [1.82, 2.24) is 0 Å². The van der Waals surface area contributed by atoms with E-state index in [1.807, 2.05) is 13.8 Å². The number of ether oxygens (including phenoxy) is 1. The van der Waals surface area contributed by atoms with Crippen molar-refractivity contribution in [3.8, 4) is 5.75 Å². The molecule has 0 heterocycles. The van der Waals surface area contributed by atoms with Crippen LogP contribution in [0.3, 0.4) is 0 Å². The molecule has 1 rings (SSSR count). The van der Waals surface area contributed by atoms with E-state index in [4.69, 9.17) is 10.5 Å². The third-order valence-corrected chi connectivity index (χ3v) is 2.79. The Labute approximate surface area is 98.8 Å². The summed E-state index contributed by atoms with van der Waals surface area (Å²) in [7, 11) is 0. The summed E-state index contributed by atoms with van der Waals surface area (Å²) in [5.74, 6) is 1.46. The van der Waals surface area contributed by atoms with E-state index in [1.54, 1.807) is 0 Å². The molecule has 1 aromatic rings. The summed E-state index contributed by atoms with van der Waals surface area (Å²) in [6.45, 7) is 11.2. The summed E-state index contributed by atoms with van der Waals surface area (Å²) in [5.41, 5.74) is 9.70. The lowest BCUT2D eigenvalue weighted by Crippen LogP contribution is -2.10. The number of aryl methyl sites for hydroxylation is 1. The molecule has 0 aliphatic heterocycles. The molecule has 16 heavy (non-hydrogen) atoms. The Morgan fingerprint density at radius 2 is 1.81 bits per heavy atom. The predicted molar refractivity (Wildman–Crippen MR) is 69.0 cm³/mol. The van der Waals surface area contributed by atoms with E-state index in [1.165, 1.54) is 16.7 Å². The number of nitrogens with two attached hydrogens (primary N) is 1. The highest BCUT2D eigenvalue weighted by Crippen LogP contribution is 2.31. The Balaban J connectivity index is 3.25. The van der Waals surface area contributed by atoms with Crippen LogP contribution >= 0.6 is 0 Å². The minimum absolute atomic E-state index is 0.0757. The van der Waals surface area contributed by atoms with Crippen LogP contribution in [0.2, 0.25) is 0 Å². The smallest absolute Gasteiger partial charge is 0.122 e. The Morgan fingerprint density at radius 3 is 2.25 bits per heavy atom. The quantitative estimate of drug-likeness (QED) is 0.844. The largest absolute Gasteiger partial charge is 0.494 e. The molecule has 1 unspecified atom stereocenters. The van der Waals surface area contributed by atoms with Crippen LogP contribution in [0.1, 0.15) is 56.3 Å². The topological polar surface area (TPSA) is 35.2 Å². The minimum atomic E-state index is 0.0757. The van der Waals surface area contributed by atoms with Gasteiger partial charge in [0.15, 0.2) is 0 Å². The predicted octanol–water partition coefficient (Wildman–Crippen LogP) is 3.54. The fourth-order valence-electron chi connectivity index (χ4n) is 1.93. The first-order valence-corrected chi connectivity index (χ1v) is 6.00. The van der Waals surface area contributed by atoms with Crippen molar-refractivity contribution < 1.29 is 4.74 Å². The zero-order valence-corrected chi connectivity index (χ0v) is 11.0. The summed E-state index contributed by atoms with van der Waals surface area (Å²) >= 11 is 0. The summed E-state index contributed by atoms with van der Waals surface area (Å²) in [5, 5.41) is 0. The van der Waals surface area contributed by atoms with E-state index in [-0.39, 0.29) is 6.04 Å². The van der Waals surface area contributed by atoms with Crippen LogP contribution < -0.4 is 10.5 Å². The normalized spacial score (nSPS) is 12.9. The molecule has 90 valence electrons. The third kappa shape index (κ3) is 2.76. The first kappa shape index (κ1) is 13.0. The van der Waals surface area contributed by atoms with Gasteiger partial charge in [0.2, 0.25) is 0 Å². The molecule has 0 spiro atoms. The van der Waals surface area contributed by atoms with E-state index in [0.29, 0.717) is 12.5 Å². The van der Waals surface area contributed by atoms with Crippen molar-refractivity contribution >= 4 is 0 Å². The number of hydrogen-bond donors (Lipinski definition) is 1. The standard InChI is InChI=1S/C14H23NO/c1-6-16-14-8-12(9(2)3)13(11(5)15)7-10(14)4/h7-9,11H,6,15H2,1-5H3. The Bertz CT molecular complexity index is 356. The van der Waals surface area contributed by atoms with Gasteiger partial charge in [0.25, 0.3) is 0 Å². The molecule has 0 saturated carbocycles. The van der Waals surface area contributed by atoms with Gasteiger partial charge in [0.1, 0.15) is 5.75 Å². The Hall–Kier alpha value is -1.02. The van der Waals surface area contributed by atoms with Gasteiger partial charge >= 0.3 is 0 Å². The zero-order chi connectivity index (χ0) is 12.3. The van der Waals surface area contributed by atoms with E-state index in [0.717, 1.165) is 5.75 Å². The minimum Gasteiger partial charge on any atom is -0.494 e. The van der Waals surface area contributed by atoms with Crippen LogP contribution in [0.5, 0.6) is 5.75 Å². The molecule has 2 N–H and O–H groups in total. The number of rotatable bonds is 4. The van der Waals surface area contributed by atoms with Gasteiger partial charge in [-0.05, 0) is 49.4 Å². The molecule has 2 nitrogen and oxygen atoms in total. The maximum Gasteiger partial charge on any atom is 0.122 e. The molecule has 0 aromatic heterocycles. The molecule has 2 heteroatoms. The van der Waals surface area contributed by atoms with E-state index < -0.39 is 0 Å². The van der Waals surface area contributed by atoms with E-state index in [2.05, 4.69) is 32.9 Å². The molecule has 0 radical (unpaired) electrons. The average Bonchev–Trinajstić information content (AvgIpc) is 2.20. The molecular weight excluding hydrogens is 198 g/mol. The number of benzene rings is 1. The van der Waals surface area contributed by atoms with Crippen LogP contribution in [0, 0.1) is 6.92 Å². The SMILES string of the molecule is CCOc1cc(C(C)C)c(C(C)N)cc1C. The lowest BCUT2D eigenvalue weighted by molar-refractivity contribution is 0.337. The third-order valence-electron chi connectivity index (χ3n) is 2.79. The molecule has 0 bridgehead atoms. The van der Waals surface area contributed by atoms with Gasteiger partial charge in [-0.2, -0.15) is 0 Å². The summed E-state index contributed by atoms with van der Waals surface area (Å²) < 4.78 is 5.62. The highest BCUT2D eigenvalue weighted by atomic mass is 16.5. The second-order valence-electron chi connectivity index (χ2n) is 4.62. The van der Waals surface area contributed by atoms with Gasteiger partial charge in [-0.1, -0.05) is 19.9 Å². The molecule has 1 atom stereocenters. The van der Waals surface area contributed by atoms with Crippen LogP contribution in [-0.2, 0) is 0 Å². The molecule has 0 aliphatic rings. The average molecular weight is 221 g/mol. The van der Waals surface area contributed by atoms with Crippen molar-refractivity contribution in [2.75, 3.05) is 6.61 Å². The maximum atomic E-state index is 6.00. The van der Waals surface area contributed by atoms with Crippen LogP contribution in [-0.4, -0.2) is 6.61 Å². The van der Waals surface area contributed by atoms with Crippen LogP contribution in [0.4, 0.5) is 0 Å². The van der Waals surface area contributed by atoms with Gasteiger partial charge < -0.3 is 10.5 Å². The fourth-order valence-corrected chi connectivity index (χ4v) is 1.93. The maximum absolute atomic E-state index is 6.00. The van der Waals surface area contributed by atoms with Crippen LogP contribution in [0.25, 0.3) is 0 Å². The Kier molecular flexibility index (Phi) is 4.36. The fraction of sp³-hybridized carbons (Fsp3) is 0.571. The molecule has 1 aromatic carbocycles. The lowest BCUT2D eigenvalue weighted by Gasteiger charge is -2.19. The lowest BCUT2D eigenvalue weighted by atomic mass is 9.91. The molecular formula is C14H23NO. The molecule has 0 amide bonds. The molecule has 0 saturated heterocycles. The van der Waals surface area contributed by atoms with Crippen molar-refractivity contribution in [1.29, 1.82) is 0 Å². The van der Waals surface area contributed by atoms with E-state index in [9.17, 15) is 0 Å². The molecule has 0 aliphatic carbocycles. The van der Waals surface area contributed by atoms with Crippen molar-refractivity contribution in [3.63, 3.8) is 0 Å². The van der Waals surface area contributed by atoms with Crippen molar-refractivity contribution in [3.05, 3.63) is 28.8 Å². The van der Waals surface area contributed by atoms with Gasteiger partial charge in [-0.3, -0.25) is 0 Å². The summed E-state index contributed by atoms with van der Waals surface area (Å²) in [6.07, 6.45) is 0. The summed E-state index contributed by atoms with van der Waals surface area (Å²) in [4.78, 5) is 0. The van der Waals surface area contributed by atoms with Crippen molar-refractivity contribution in [2.24, 2.45) is 5.73 Å². The first-order chi connectivity index (χ1) is 7.47. The highest BCUT2D eigenvalue weighted by Gasteiger charge is 2.13.